The number of unbranched alkanes of at least 4 members (excludes halogenated alkanes) is 2. The van der Waals surface area contributed by atoms with Gasteiger partial charge in [0.2, 0.25) is 0 Å². The van der Waals surface area contributed by atoms with E-state index in [1.54, 1.807) is 19.3 Å². The Morgan fingerprint density at radius 3 is 2.71 bits per heavy atom. The molecule has 0 aliphatic heterocycles. The van der Waals surface area contributed by atoms with Crippen LogP contribution in [0.25, 0.3) is 0 Å². The van der Waals surface area contributed by atoms with Gasteiger partial charge in [0.05, 0.1) is 12.2 Å². The third-order valence-corrected chi connectivity index (χ3v) is 5.42. The molecule has 0 radical (unpaired) electrons. The fourth-order valence-electron chi connectivity index (χ4n) is 3.57. The first-order valence-corrected chi connectivity index (χ1v) is 10.3. The van der Waals surface area contributed by atoms with Crippen molar-refractivity contribution >= 4 is 11.8 Å². The highest BCUT2D eigenvalue weighted by Crippen LogP contribution is 2.33. The normalized spacial score (nSPS) is 25.0. The maximum Gasteiger partial charge on any atom is 0.303 e. The first kappa shape index (κ1) is 24.5. The molecule has 1 rings (SSSR count). The standard InChI is InChI=1S/C22H36O6/c1-16(9-7-8-14-28-2)19(23)13-12-18-17(20(24)15-21(18)25)10-5-3-4-6-11-22(26)27/h3,5,12-13,16-19,21,23,25H,4,6-11,14-15H2,1-2H3,(H,26,27)/t16-,17+,18+,19+,21+/m0/s1. The lowest BCUT2D eigenvalue weighted by atomic mass is 9.89. The number of aliphatic hydroxyl groups excluding tert-OH is 2. The molecule has 0 heterocycles. The predicted molar refractivity (Wildman–Crippen MR) is 108 cm³/mol. The Morgan fingerprint density at radius 1 is 1.29 bits per heavy atom. The summed E-state index contributed by atoms with van der Waals surface area (Å²) in [4.78, 5) is 22.7. The van der Waals surface area contributed by atoms with Crippen LogP contribution in [-0.2, 0) is 14.3 Å². The molecule has 1 aliphatic carbocycles. The zero-order valence-electron chi connectivity index (χ0n) is 17.1. The van der Waals surface area contributed by atoms with Gasteiger partial charge >= 0.3 is 5.97 Å². The van der Waals surface area contributed by atoms with E-state index in [1.165, 1.54) is 0 Å². The molecule has 0 aromatic heterocycles. The summed E-state index contributed by atoms with van der Waals surface area (Å²) in [5, 5.41) is 29.2. The molecule has 3 N–H and O–H groups in total. The number of hydrogen-bond donors (Lipinski definition) is 3. The van der Waals surface area contributed by atoms with E-state index in [9.17, 15) is 19.8 Å². The lowest BCUT2D eigenvalue weighted by Crippen LogP contribution is -2.20. The maximum atomic E-state index is 12.2. The number of aliphatic hydroxyl groups is 2. The summed E-state index contributed by atoms with van der Waals surface area (Å²) >= 11 is 0. The third kappa shape index (κ3) is 9.13. The summed E-state index contributed by atoms with van der Waals surface area (Å²) in [6, 6.07) is 0. The molecule has 0 spiro atoms. The molecule has 1 aliphatic rings. The largest absolute Gasteiger partial charge is 0.481 e. The number of carbonyl (C=O) groups is 2. The van der Waals surface area contributed by atoms with E-state index in [2.05, 4.69) is 0 Å². The third-order valence-electron chi connectivity index (χ3n) is 5.42. The zero-order chi connectivity index (χ0) is 20.9. The Morgan fingerprint density at radius 2 is 2.04 bits per heavy atom. The minimum Gasteiger partial charge on any atom is -0.481 e. The zero-order valence-corrected chi connectivity index (χ0v) is 17.1. The second-order valence-electron chi connectivity index (χ2n) is 7.76. The molecule has 6 nitrogen and oxygen atoms in total. The fourth-order valence-corrected chi connectivity index (χ4v) is 3.57. The first-order chi connectivity index (χ1) is 13.4. The highest BCUT2D eigenvalue weighted by molar-refractivity contribution is 5.84. The van der Waals surface area contributed by atoms with Crippen LogP contribution in [0, 0.1) is 17.8 Å². The van der Waals surface area contributed by atoms with E-state index >= 15 is 0 Å². The molecule has 5 atom stereocenters. The van der Waals surface area contributed by atoms with Gasteiger partial charge in [0, 0.05) is 38.4 Å². The van der Waals surface area contributed by atoms with Crippen LogP contribution in [-0.4, -0.2) is 53.0 Å². The van der Waals surface area contributed by atoms with Crippen molar-refractivity contribution < 1.29 is 29.6 Å². The molecule has 1 fully saturated rings. The van der Waals surface area contributed by atoms with E-state index in [0.29, 0.717) is 19.3 Å². The van der Waals surface area contributed by atoms with Crippen molar-refractivity contribution in [3.8, 4) is 0 Å². The van der Waals surface area contributed by atoms with Crippen LogP contribution in [0.1, 0.15) is 58.3 Å². The number of allylic oxidation sites excluding steroid dienone is 2. The average Bonchev–Trinajstić information content (AvgIpc) is 2.91. The highest BCUT2D eigenvalue weighted by Gasteiger charge is 2.39. The van der Waals surface area contributed by atoms with Gasteiger partial charge in [0.15, 0.2) is 0 Å². The molecule has 0 amide bonds. The molecule has 0 saturated heterocycles. The van der Waals surface area contributed by atoms with Gasteiger partial charge in [0.25, 0.3) is 0 Å². The van der Waals surface area contributed by atoms with Crippen molar-refractivity contribution in [1.29, 1.82) is 0 Å². The quantitative estimate of drug-likeness (QED) is 0.308. The predicted octanol–water partition coefficient (Wildman–Crippen LogP) is 3.12. The van der Waals surface area contributed by atoms with Crippen molar-refractivity contribution in [2.24, 2.45) is 17.8 Å². The number of rotatable bonds is 14. The lowest BCUT2D eigenvalue weighted by Gasteiger charge is -2.19. The minimum absolute atomic E-state index is 0.0411. The van der Waals surface area contributed by atoms with Gasteiger partial charge in [-0.3, -0.25) is 9.59 Å². The van der Waals surface area contributed by atoms with Gasteiger partial charge in [-0.05, 0) is 38.0 Å². The number of Topliss-reactive ketones (excluding diaryl/α,β-unsaturated/α-hetero) is 1. The van der Waals surface area contributed by atoms with Crippen LogP contribution < -0.4 is 0 Å². The van der Waals surface area contributed by atoms with E-state index in [4.69, 9.17) is 9.84 Å². The minimum atomic E-state index is -0.806. The van der Waals surface area contributed by atoms with Gasteiger partial charge in [-0.25, -0.2) is 0 Å². The monoisotopic (exact) mass is 396 g/mol. The molecule has 1 saturated carbocycles. The number of aliphatic carboxylic acids is 1. The van der Waals surface area contributed by atoms with Crippen LogP contribution >= 0.6 is 0 Å². The van der Waals surface area contributed by atoms with Gasteiger partial charge in [0.1, 0.15) is 5.78 Å². The van der Waals surface area contributed by atoms with Crippen LogP contribution in [0.3, 0.4) is 0 Å². The van der Waals surface area contributed by atoms with Crippen LogP contribution in [0.4, 0.5) is 0 Å². The van der Waals surface area contributed by atoms with Crippen LogP contribution in [0.2, 0.25) is 0 Å². The summed E-state index contributed by atoms with van der Waals surface area (Å²) < 4.78 is 5.03. The van der Waals surface area contributed by atoms with Gasteiger partial charge < -0.3 is 20.1 Å². The summed E-state index contributed by atoms with van der Waals surface area (Å²) in [5.74, 6) is -1.23. The molecular weight excluding hydrogens is 360 g/mol. The second-order valence-corrected chi connectivity index (χ2v) is 7.76. The van der Waals surface area contributed by atoms with E-state index in [1.807, 2.05) is 19.1 Å². The summed E-state index contributed by atoms with van der Waals surface area (Å²) in [7, 11) is 1.68. The SMILES string of the molecule is COCCCC[C@H](C)[C@H](O)C=C[C@H]1[C@H](O)CC(=O)[C@@H]1CC=CCCCC(=O)O. The number of hydrogen-bond acceptors (Lipinski definition) is 5. The Kier molecular flexibility index (Phi) is 12.0. The van der Waals surface area contributed by atoms with Crippen molar-refractivity contribution in [2.75, 3.05) is 13.7 Å². The van der Waals surface area contributed by atoms with Crippen LogP contribution in [0.15, 0.2) is 24.3 Å². The Balaban J connectivity index is 2.50. The smallest absolute Gasteiger partial charge is 0.303 e. The molecule has 0 aromatic rings. The van der Waals surface area contributed by atoms with E-state index < -0.39 is 18.2 Å². The maximum absolute atomic E-state index is 12.2. The van der Waals surface area contributed by atoms with Gasteiger partial charge in [-0.15, -0.1) is 0 Å². The second kappa shape index (κ2) is 13.6. The lowest BCUT2D eigenvalue weighted by molar-refractivity contribution is -0.137. The van der Waals surface area contributed by atoms with Crippen molar-refractivity contribution in [2.45, 2.75) is 70.5 Å². The molecular formula is C22H36O6. The summed E-state index contributed by atoms with van der Waals surface area (Å²) in [6.45, 7) is 2.72. The number of ether oxygens (including phenoxy) is 1. The molecule has 0 unspecified atom stereocenters. The number of methoxy groups -OCH3 is 1. The van der Waals surface area contributed by atoms with Gasteiger partial charge in [-0.2, -0.15) is 0 Å². The summed E-state index contributed by atoms with van der Waals surface area (Å²) in [5.41, 5.74) is 0. The average molecular weight is 397 g/mol. The number of carboxylic acids is 1. The van der Waals surface area contributed by atoms with Crippen LogP contribution in [0.5, 0.6) is 0 Å². The summed E-state index contributed by atoms with van der Waals surface area (Å²) in [6.07, 6.45) is 10.9. The van der Waals surface area contributed by atoms with Crippen molar-refractivity contribution in [3.63, 3.8) is 0 Å². The number of carboxylic acid groups (broad SMARTS) is 1. The Hall–Kier alpha value is -1.50. The molecule has 0 aromatic carbocycles. The molecule has 6 heteroatoms. The topological polar surface area (TPSA) is 104 Å². The molecule has 160 valence electrons. The van der Waals surface area contributed by atoms with E-state index in [0.717, 1.165) is 25.9 Å². The Bertz CT molecular complexity index is 527. The fraction of sp³-hybridized carbons (Fsp3) is 0.727. The molecule has 28 heavy (non-hydrogen) atoms. The molecule has 0 bridgehead atoms. The first-order valence-electron chi connectivity index (χ1n) is 10.3. The number of ketones is 1. The highest BCUT2D eigenvalue weighted by atomic mass is 16.5. The Labute approximate surface area is 168 Å². The number of carbonyl (C=O) groups excluding carboxylic acids is 1. The van der Waals surface area contributed by atoms with E-state index in [-0.39, 0.29) is 36.4 Å². The van der Waals surface area contributed by atoms with Crippen molar-refractivity contribution in [3.05, 3.63) is 24.3 Å². The van der Waals surface area contributed by atoms with Crippen molar-refractivity contribution in [1.82, 2.24) is 0 Å². The van der Waals surface area contributed by atoms with Gasteiger partial charge in [-0.1, -0.05) is 37.6 Å².